The van der Waals surface area contributed by atoms with E-state index in [-0.39, 0.29) is 0 Å². The second kappa shape index (κ2) is 4.00. The first kappa shape index (κ1) is 9.67. The van der Waals surface area contributed by atoms with Crippen molar-refractivity contribution in [3.05, 3.63) is 12.2 Å². The highest BCUT2D eigenvalue weighted by Gasteiger charge is 2.40. The van der Waals surface area contributed by atoms with Gasteiger partial charge < -0.3 is 18.9 Å². The van der Waals surface area contributed by atoms with Crippen molar-refractivity contribution in [2.24, 2.45) is 0 Å². The van der Waals surface area contributed by atoms with Crippen LogP contribution in [0.5, 0.6) is 0 Å². The summed E-state index contributed by atoms with van der Waals surface area (Å²) in [4.78, 5) is 0. The van der Waals surface area contributed by atoms with Crippen LogP contribution in [-0.2, 0) is 18.9 Å². The molecule has 1 aliphatic rings. The molecule has 1 unspecified atom stereocenters. The number of methoxy groups -OCH3 is 3. The molecule has 0 aromatic carbocycles. The fourth-order valence-corrected chi connectivity index (χ4v) is 1.19. The predicted molar refractivity (Wildman–Crippen MR) is 42.6 cm³/mol. The summed E-state index contributed by atoms with van der Waals surface area (Å²) in [7, 11) is 4.65. The van der Waals surface area contributed by atoms with Crippen LogP contribution in [0.1, 0.15) is 0 Å². The zero-order valence-electron chi connectivity index (χ0n) is 7.57. The highest BCUT2D eigenvalue weighted by Crippen LogP contribution is 2.24. The molecule has 1 aliphatic heterocycles. The zero-order valence-corrected chi connectivity index (χ0v) is 7.57. The molecule has 0 N–H and O–H groups in total. The fourth-order valence-electron chi connectivity index (χ4n) is 1.19. The van der Waals surface area contributed by atoms with E-state index in [4.69, 9.17) is 18.9 Å². The van der Waals surface area contributed by atoms with E-state index in [1.165, 1.54) is 0 Å². The van der Waals surface area contributed by atoms with Crippen LogP contribution < -0.4 is 0 Å². The summed E-state index contributed by atoms with van der Waals surface area (Å²) < 4.78 is 20.7. The van der Waals surface area contributed by atoms with Gasteiger partial charge in [-0.05, 0) is 6.08 Å². The highest BCUT2D eigenvalue weighted by molar-refractivity contribution is 5.02. The standard InChI is InChI=1S/C8H14O4/c1-9-7-8(10-2,11-3)5-4-6-12-7/h4-5,7H,6H2,1-3H3. The van der Waals surface area contributed by atoms with E-state index in [1.807, 2.05) is 6.08 Å². The summed E-state index contributed by atoms with van der Waals surface area (Å²) in [5, 5.41) is 0. The zero-order chi connectivity index (χ0) is 9.03. The lowest BCUT2D eigenvalue weighted by Crippen LogP contribution is -2.48. The Morgan fingerprint density at radius 2 is 2.00 bits per heavy atom. The van der Waals surface area contributed by atoms with Gasteiger partial charge in [0, 0.05) is 21.3 Å². The van der Waals surface area contributed by atoms with Crippen LogP contribution in [0.25, 0.3) is 0 Å². The van der Waals surface area contributed by atoms with E-state index in [0.29, 0.717) is 6.61 Å². The lowest BCUT2D eigenvalue weighted by Gasteiger charge is -2.36. The van der Waals surface area contributed by atoms with Gasteiger partial charge in [-0.3, -0.25) is 0 Å². The van der Waals surface area contributed by atoms with Crippen LogP contribution in [-0.4, -0.2) is 40.0 Å². The van der Waals surface area contributed by atoms with E-state index < -0.39 is 12.1 Å². The van der Waals surface area contributed by atoms with E-state index in [1.54, 1.807) is 27.4 Å². The number of rotatable bonds is 3. The van der Waals surface area contributed by atoms with Crippen molar-refractivity contribution in [2.45, 2.75) is 12.1 Å². The van der Waals surface area contributed by atoms with Crippen LogP contribution in [0.15, 0.2) is 12.2 Å². The van der Waals surface area contributed by atoms with Gasteiger partial charge in [-0.15, -0.1) is 0 Å². The van der Waals surface area contributed by atoms with Gasteiger partial charge in [-0.1, -0.05) is 6.08 Å². The van der Waals surface area contributed by atoms with Gasteiger partial charge >= 0.3 is 0 Å². The third-order valence-corrected chi connectivity index (χ3v) is 1.87. The molecule has 0 aromatic rings. The Labute approximate surface area is 72.1 Å². The average molecular weight is 174 g/mol. The van der Waals surface area contributed by atoms with Gasteiger partial charge in [0.25, 0.3) is 0 Å². The summed E-state index contributed by atoms with van der Waals surface area (Å²) in [5.41, 5.74) is 0. The fraction of sp³-hybridized carbons (Fsp3) is 0.750. The molecule has 0 spiro atoms. The quantitative estimate of drug-likeness (QED) is 0.462. The number of hydrogen-bond donors (Lipinski definition) is 0. The topological polar surface area (TPSA) is 36.9 Å². The molecule has 1 atom stereocenters. The first-order valence-electron chi connectivity index (χ1n) is 3.71. The third kappa shape index (κ3) is 1.51. The third-order valence-electron chi connectivity index (χ3n) is 1.87. The lowest BCUT2D eigenvalue weighted by atomic mass is 10.2. The largest absolute Gasteiger partial charge is 0.351 e. The van der Waals surface area contributed by atoms with Gasteiger partial charge in [0.05, 0.1) is 6.61 Å². The normalized spacial score (nSPS) is 27.4. The minimum absolute atomic E-state index is 0.502. The van der Waals surface area contributed by atoms with Crippen molar-refractivity contribution < 1.29 is 18.9 Å². The van der Waals surface area contributed by atoms with Crippen LogP contribution in [0.2, 0.25) is 0 Å². The Kier molecular flexibility index (Phi) is 3.22. The van der Waals surface area contributed by atoms with E-state index in [0.717, 1.165) is 0 Å². The first-order valence-corrected chi connectivity index (χ1v) is 3.71. The molecule has 0 saturated heterocycles. The Morgan fingerprint density at radius 3 is 2.42 bits per heavy atom. The molecular formula is C8H14O4. The SMILES string of the molecule is COC1OCC=CC1(OC)OC. The molecule has 0 aliphatic carbocycles. The molecule has 0 amide bonds. The molecule has 12 heavy (non-hydrogen) atoms. The summed E-state index contributed by atoms with van der Waals surface area (Å²) in [6, 6.07) is 0. The van der Waals surface area contributed by atoms with E-state index in [2.05, 4.69) is 0 Å². The minimum atomic E-state index is -0.896. The molecule has 70 valence electrons. The van der Waals surface area contributed by atoms with Gasteiger partial charge in [-0.25, -0.2) is 0 Å². The van der Waals surface area contributed by atoms with Crippen LogP contribution in [0, 0.1) is 0 Å². The lowest BCUT2D eigenvalue weighted by molar-refractivity contribution is -0.311. The van der Waals surface area contributed by atoms with Crippen molar-refractivity contribution in [3.63, 3.8) is 0 Å². The van der Waals surface area contributed by atoms with Crippen LogP contribution >= 0.6 is 0 Å². The smallest absolute Gasteiger partial charge is 0.240 e. The predicted octanol–water partition coefficient (Wildman–Crippen LogP) is 0.534. The molecule has 0 aromatic heterocycles. The maximum absolute atomic E-state index is 5.27. The maximum atomic E-state index is 5.27. The summed E-state index contributed by atoms with van der Waals surface area (Å²) in [6.45, 7) is 0.521. The second-order valence-electron chi connectivity index (χ2n) is 2.43. The van der Waals surface area contributed by atoms with Crippen molar-refractivity contribution in [3.8, 4) is 0 Å². The van der Waals surface area contributed by atoms with Gasteiger partial charge in [-0.2, -0.15) is 0 Å². The molecule has 1 rings (SSSR count). The van der Waals surface area contributed by atoms with Crippen LogP contribution in [0.3, 0.4) is 0 Å². The second-order valence-corrected chi connectivity index (χ2v) is 2.43. The molecular weight excluding hydrogens is 160 g/mol. The molecule has 0 fully saturated rings. The Hall–Kier alpha value is -0.420. The Balaban J connectivity index is 2.79. The Morgan fingerprint density at radius 1 is 1.33 bits per heavy atom. The first-order chi connectivity index (χ1) is 5.79. The maximum Gasteiger partial charge on any atom is 0.240 e. The Bertz CT molecular complexity index is 162. The number of ether oxygens (including phenoxy) is 4. The summed E-state index contributed by atoms with van der Waals surface area (Å²) in [5.74, 6) is -0.896. The van der Waals surface area contributed by atoms with Crippen molar-refractivity contribution in [2.75, 3.05) is 27.9 Å². The van der Waals surface area contributed by atoms with E-state index >= 15 is 0 Å². The number of hydrogen-bond acceptors (Lipinski definition) is 4. The molecule has 0 saturated carbocycles. The average Bonchev–Trinajstić information content (AvgIpc) is 2.17. The summed E-state index contributed by atoms with van der Waals surface area (Å²) >= 11 is 0. The van der Waals surface area contributed by atoms with Crippen molar-refractivity contribution >= 4 is 0 Å². The summed E-state index contributed by atoms with van der Waals surface area (Å²) in [6.07, 6.45) is 3.13. The monoisotopic (exact) mass is 174 g/mol. The molecule has 0 radical (unpaired) electrons. The molecule has 4 nitrogen and oxygen atoms in total. The van der Waals surface area contributed by atoms with Gasteiger partial charge in [0.1, 0.15) is 0 Å². The van der Waals surface area contributed by atoms with Gasteiger partial charge in [0.2, 0.25) is 12.1 Å². The van der Waals surface area contributed by atoms with E-state index in [9.17, 15) is 0 Å². The molecule has 4 heteroatoms. The van der Waals surface area contributed by atoms with Crippen molar-refractivity contribution in [1.29, 1.82) is 0 Å². The van der Waals surface area contributed by atoms with Gasteiger partial charge in [0.15, 0.2) is 0 Å². The molecule has 1 heterocycles. The molecule has 0 bridgehead atoms. The minimum Gasteiger partial charge on any atom is -0.351 e. The van der Waals surface area contributed by atoms with Crippen molar-refractivity contribution in [1.82, 2.24) is 0 Å². The highest BCUT2D eigenvalue weighted by atomic mass is 16.8. The van der Waals surface area contributed by atoms with Crippen LogP contribution in [0.4, 0.5) is 0 Å².